The Kier molecular flexibility index (Phi) is 5.21. The lowest BCUT2D eigenvalue weighted by molar-refractivity contribution is -0.140. The highest BCUT2D eigenvalue weighted by Crippen LogP contribution is 2.55. The van der Waals surface area contributed by atoms with Crippen molar-refractivity contribution in [3.8, 4) is 0 Å². The second-order valence-corrected chi connectivity index (χ2v) is 9.12. The first-order valence-corrected chi connectivity index (χ1v) is 10.5. The number of halogens is 2. The van der Waals surface area contributed by atoms with Gasteiger partial charge in [0.05, 0.1) is 0 Å². The minimum atomic E-state index is -0.836. The summed E-state index contributed by atoms with van der Waals surface area (Å²) in [6.45, 7) is 2.38. The van der Waals surface area contributed by atoms with Crippen LogP contribution in [0.25, 0.3) is 0 Å². The average Bonchev–Trinajstić information content (AvgIpc) is 3.37. The molecule has 1 unspecified atom stereocenters. The van der Waals surface area contributed by atoms with Gasteiger partial charge in [0.15, 0.2) is 0 Å². The van der Waals surface area contributed by atoms with Crippen LogP contribution in [0.4, 0.5) is 8.78 Å². The molecule has 1 saturated carbocycles. The van der Waals surface area contributed by atoms with E-state index >= 15 is 0 Å². The minimum absolute atomic E-state index is 0.0688. The highest BCUT2D eigenvalue weighted by Gasteiger charge is 2.56. The SMILES string of the molecule is CC1(C(=O)N2N=C(c3cc(F)ccc3F)SC2(CCCN)c2ccccc2)CC1. The van der Waals surface area contributed by atoms with Gasteiger partial charge in [0.1, 0.15) is 21.5 Å². The fraction of sp³-hybridized carbons (Fsp3) is 0.364. The Bertz CT molecular complexity index is 962. The molecule has 2 aliphatic rings. The van der Waals surface area contributed by atoms with Crippen molar-refractivity contribution in [1.82, 2.24) is 5.01 Å². The summed E-state index contributed by atoms with van der Waals surface area (Å²) in [6, 6.07) is 12.9. The van der Waals surface area contributed by atoms with Gasteiger partial charge >= 0.3 is 0 Å². The number of hydrazone groups is 1. The molecule has 0 radical (unpaired) electrons. The van der Waals surface area contributed by atoms with E-state index in [1.165, 1.54) is 16.8 Å². The summed E-state index contributed by atoms with van der Waals surface area (Å²) in [6.07, 6.45) is 2.82. The monoisotopic (exact) mass is 415 g/mol. The fourth-order valence-corrected chi connectivity index (χ4v) is 4.97. The summed E-state index contributed by atoms with van der Waals surface area (Å²) in [5.74, 6) is -1.20. The van der Waals surface area contributed by atoms with E-state index in [0.717, 1.165) is 36.6 Å². The topological polar surface area (TPSA) is 58.7 Å². The van der Waals surface area contributed by atoms with Crippen LogP contribution >= 0.6 is 11.8 Å². The molecule has 2 aromatic rings. The van der Waals surface area contributed by atoms with Crippen molar-refractivity contribution in [2.75, 3.05) is 6.54 Å². The normalized spacial score (nSPS) is 22.5. The van der Waals surface area contributed by atoms with Gasteiger partial charge in [-0.25, -0.2) is 13.8 Å². The zero-order valence-electron chi connectivity index (χ0n) is 16.2. The first-order valence-electron chi connectivity index (χ1n) is 9.73. The van der Waals surface area contributed by atoms with Crippen LogP contribution < -0.4 is 5.73 Å². The van der Waals surface area contributed by atoms with Gasteiger partial charge in [-0.3, -0.25) is 4.79 Å². The van der Waals surface area contributed by atoms with Gasteiger partial charge in [0.25, 0.3) is 0 Å². The summed E-state index contributed by atoms with van der Waals surface area (Å²) >= 11 is 1.30. The van der Waals surface area contributed by atoms with Gasteiger partial charge in [-0.05, 0) is 56.0 Å². The molecule has 0 spiro atoms. The summed E-state index contributed by atoms with van der Waals surface area (Å²) in [5, 5.41) is 6.38. The van der Waals surface area contributed by atoms with Crippen LogP contribution in [0.5, 0.6) is 0 Å². The highest BCUT2D eigenvalue weighted by atomic mass is 32.2. The van der Waals surface area contributed by atoms with Crippen LogP contribution in [0, 0.1) is 17.0 Å². The van der Waals surface area contributed by atoms with E-state index < -0.39 is 21.9 Å². The number of thioether (sulfide) groups is 1. The molecule has 29 heavy (non-hydrogen) atoms. The molecule has 1 aliphatic heterocycles. The molecule has 2 aromatic carbocycles. The number of nitrogens with zero attached hydrogens (tertiary/aromatic N) is 2. The molecule has 7 heteroatoms. The van der Waals surface area contributed by atoms with E-state index in [2.05, 4.69) is 5.10 Å². The van der Waals surface area contributed by atoms with Gasteiger partial charge in [-0.2, -0.15) is 5.10 Å². The molecule has 1 amide bonds. The summed E-state index contributed by atoms with van der Waals surface area (Å²) in [7, 11) is 0. The third-order valence-electron chi connectivity index (χ3n) is 5.61. The number of amides is 1. The predicted molar refractivity (Wildman–Crippen MR) is 111 cm³/mol. The molecule has 1 fully saturated rings. The third kappa shape index (κ3) is 3.57. The number of nitrogens with two attached hydrogens (primary N) is 1. The summed E-state index contributed by atoms with van der Waals surface area (Å²) < 4.78 is 28.4. The van der Waals surface area contributed by atoms with Gasteiger partial charge in [0.2, 0.25) is 5.91 Å². The van der Waals surface area contributed by atoms with Gasteiger partial charge in [-0.15, -0.1) is 0 Å². The van der Waals surface area contributed by atoms with Crippen molar-refractivity contribution in [3.05, 3.63) is 71.3 Å². The lowest BCUT2D eigenvalue weighted by Crippen LogP contribution is -2.44. The number of benzene rings is 2. The average molecular weight is 416 g/mol. The van der Waals surface area contributed by atoms with Crippen LogP contribution in [-0.4, -0.2) is 22.5 Å². The van der Waals surface area contributed by atoms with Crippen LogP contribution in [0.2, 0.25) is 0 Å². The minimum Gasteiger partial charge on any atom is -0.330 e. The van der Waals surface area contributed by atoms with Crippen LogP contribution in [0.3, 0.4) is 0 Å². The Labute approximate surface area is 173 Å². The number of hydrogen-bond donors (Lipinski definition) is 1. The fourth-order valence-electron chi connectivity index (χ4n) is 3.55. The molecule has 1 heterocycles. The maximum atomic E-state index is 14.5. The standard InChI is InChI=1S/C22H23F2N3OS/c1-21(11-12-21)20(28)27-22(10-5-13-25,15-6-3-2-4-7-15)29-19(26-27)17-14-16(23)8-9-18(17)24/h2-4,6-9,14H,5,10-13,25H2,1H3. The summed E-state index contributed by atoms with van der Waals surface area (Å²) in [5.41, 5.74) is 6.30. The first kappa shape index (κ1) is 20.0. The van der Waals surface area contributed by atoms with E-state index in [0.29, 0.717) is 24.4 Å². The van der Waals surface area contributed by atoms with Crippen molar-refractivity contribution < 1.29 is 13.6 Å². The zero-order chi connectivity index (χ0) is 20.6. The Morgan fingerprint density at radius 1 is 1.21 bits per heavy atom. The second-order valence-electron chi connectivity index (χ2n) is 7.85. The Hall–Kier alpha value is -2.25. The Balaban J connectivity index is 1.84. The van der Waals surface area contributed by atoms with Crippen molar-refractivity contribution in [3.63, 3.8) is 0 Å². The van der Waals surface area contributed by atoms with Crippen molar-refractivity contribution in [1.29, 1.82) is 0 Å². The number of hydrogen-bond acceptors (Lipinski definition) is 4. The van der Waals surface area contributed by atoms with Crippen LogP contribution in [-0.2, 0) is 9.67 Å². The molecule has 2 N–H and O–H groups in total. The van der Waals surface area contributed by atoms with E-state index in [-0.39, 0.29) is 11.5 Å². The lowest BCUT2D eigenvalue weighted by atomic mass is 9.98. The predicted octanol–water partition coefficient (Wildman–Crippen LogP) is 4.59. The Morgan fingerprint density at radius 3 is 2.59 bits per heavy atom. The molecular formula is C22H23F2N3OS. The maximum Gasteiger partial charge on any atom is 0.250 e. The van der Waals surface area contributed by atoms with Gasteiger partial charge in [0, 0.05) is 11.0 Å². The van der Waals surface area contributed by atoms with E-state index in [1.54, 1.807) is 0 Å². The third-order valence-corrected chi connectivity index (χ3v) is 7.06. The molecule has 0 saturated heterocycles. The maximum absolute atomic E-state index is 14.5. The van der Waals surface area contributed by atoms with Gasteiger partial charge < -0.3 is 5.73 Å². The van der Waals surface area contributed by atoms with Gasteiger partial charge in [-0.1, -0.05) is 49.0 Å². The van der Waals surface area contributed by atoms with E-state index in [4.69, 9.17) is 5.73 Å². The summed E-state index contributed by atoms with van der Waals surface area (Å²) in [4.78, 5) is 12.6. The van der Waals surface area contributed by atoms with Crippen LogP contribution in [0.1, 0.15) is 43.7 Å². The highest BCUT2D eigenvalue weighted by molar-refractivity contribution is 8.15. The van der Waals surface area contributed by atoms with Crippen molar-refractivity contribution >= 4 is 22.7 Å². The molecular weight excluding hydrogens is 392 g/mol. The molecule has 4 nitrogen and oxygen atoms in total. The Morgan fingerprint density at radius 2 is 1.93 bits per heavy atom. The number of carbonyl (C=O) groups excluding carboxylic acids is 1. The largest absolute Gasteiger partial charge is 0.330 e. The van der Waals surface area contributed by atoms with E-state index in [9.17, 15) is 13.6 Å². The van der Waals surface area contributed by atoms with Crippen LogP contribution in [0.15, 0.2) is 53.6 Å². The van der Waals surface area contributed by atoms with Crippen molar-refractivity contribution in [2.45, 2.75) is 37.5 Å². The van der Waals surface area contributed by atoms with Crippen molar-refractivity contribution in [2.24, 2.45) is 16.3 Å². The van der Waals surface area contributed by atoms with E-state index in [1.807, 2.05) is 37.3 Å². The molecule has 1 aliphatic carbocycles. The zero-order valence-corrected chi connectivity index (χ0v) is 17.0. The number of carbonyl (C=O) groups is 1. The lowest BCUT2D eigenvalue weighted by Gasteiger charge is -2.37. The molecule has 0 aromatic heterocycles. The second kappa shape index (κ2) is 7.54. The molecule has 4 rings (SSSR count). The number of rotatable bonds is 6. The first-order chi connectivity index (χ1) is 13.9. The molecule has 152 valence electrons. The molecule has 0 bridgehead atoms. The molecule has 1 atom stereocenters. The quantitative estimate of drug-likeness (QED) is 0.751. The smallest absolute Gasteiger partial charge is 0.250 e.